The molecule has 1 fully saturated rings. The van der Waals surface area contributed by atoms with Crippen LogP contribution in [0.3, 0.4) is 0 Å². The van der Waals surface area contributed by atoms with Crippen molar-refractivity contribution in [3.05, 3.63) is 30.0 Å². The molecule has 8 heteroatoms. The SMILES string of the molecule is Nc1nnn(Cc2nnc(-c3ccco3)o2)c1C1CC1. The number of nitrogens with two attached hydrogens (primary N) is 1. The van der Waals surface area contributed by atoms with Crippen LogP contribution in [0.4, 0.5) is 5.82 Å². The lowest BCUT2D eigenvalue weighted by atomic mass is 10.3. The van der Waals surface area contributed by atoms with Crippen molar-refractivity contribution in [1.29, 1.82) is 0 Å². The fourth-order valence-corrected chi connectivity index (χ4v) is 2.17. The average Bonchev–Trinajstić information content (AvgIpc) is 2.88. The molecule has 0 saturated heterocycles. The molecule has 8 nitrogen and oxygen atoms in total. The summed E-state index contributed by atoms with van der Waals surface area (Å²) in [6.45, 7) is 0.365. The maximum absolute atomic E-state index is 5.84. The highest BCUT2D eigenvalue weighted by atomic mass is 16.4. The molecule has 0 bridgehead atoms. The summed E-state index contributed by atoms with van der Waals surface area (Å²) in [5, 5.41) is 15.9. The molecule has 2 N–H and O–H groups in total. The van der Waals surface area contributed by atoms with Gasteiger partial charge in [-0.1, -0.05) is 5.21 Å². The largest absolute Gasteiger partial charge is 0.459 e. The van der Waals surface area contributed by atoms with Gasteiger partial charge in [0, 0.05) is 5.92 Å². The van der Waals surface area contributed by atoms with Crippen molar-refractivity contribution in [2.24, 2.45) is 0 Å². The van der Waals surface area contributed by atoms with Crippen molar-refractivity contribution in [2.45, 2.75) is 25.3 Å². The lowest BCUT2D eigenvalue weighted by Gasteiger charge is -2.01. The summed E-state index contributed by atoms with van der Waals surface area (Å²) < 4.78 is 12.5. The van der Waals surface area contributed by atoms with Gasteiger partial charge >= 0.3 is 0 Å². The van der Waals surface area contributed by atoms with E-state index in [0.717, 1.165) is 18.5 Å². The van der Waals surface area contributed by atoms with Crippen molar-refractivity contribution in [2.75, 3.05) is 5.73 Å². The van der Waals surface area contributed by atoms with Gasteiger partial charge in [0.15, 0.2) is 11.6 Å². The topological polar surface area (TPSA) is 109 Å². The van der Waals surface area contributed by atoms with Crippen LogP contribution in [0.15, 0.2) is 27.2 Å². The highest BCUT2D eigenvalue weighted by Gasteiger charge is 2.31. The number of nitrogen functional groups attached to an aromatic ring is 1. The molecule has 0 amide bonds. The Morgan fingerprint density at radius 1 is 1.30 bits per heavy atom. The quantitative estimate of drug-likeness (QED) is 0.765. The van der Waals surface area contributed by atoms with E-state index in [1.165, 1.54) is 0 Å². The lowest BCUT2D eigenvalue weighted by molar-refractivity contribution is 0.449. The van der Waals surface area contributed by atoms with Gasteiger partial charge in [0.1, 0.15) is 6.54 Å². The number of furan rings is 1. The molecule has 0 aromatic carbocycles. The maximum Gasteiger partial charge on any atom is 0.283 e. The molecule has 1 saturated carbocycles. The van der Waals surface area contributed by atoms with E-state index >= 15 is 0 Å². The summed E-state index contributed by atoms with van der Waals surface area (Å²) in [7, 11) is 0. The molecule has 20 heavy (non-hydrogen) atoms. The third-order valence-corrected chi connectivity index (χ3v) is 3.25. The Hall–Kier alpha value is -2.64. The van der Waals surface area contributed by atoms with Crippen molar-refractivity contribution < 1.29 is 8.83 Å². The fraction of sp³-hybridized carbons (Fsp3) is 0.333. The van der Waals surface area contributed by atoms with Crippen molar-refractivity contribution in [1.82, 2.24) is 25.2 Å². The molecule has 4 rings (SSSR count). The Bertz CT molecular complexity index is 725. The Morgan fingerprint density at radius 3 is 2.95 bits per heavy atom. The normalized spacial score (nSPS) is 14.8. The smallest absolute Gasteiger partial charge is 0.283 e. The molecule has 0 radical (unpaired) electrons. The van der Waals surface area contributed by atoms with E-state index in [2.05, 4.69) is 20.5 Å². The van der Waals surface area contributed by atoms with Gasteiger partial charge in [0.05, 0.1) is 12.0 Å². The maximum atomic E-state index is 5.84. The average molecular weight is 272 g/mol. The van der Waals surface area contributed by atoms with E-state index in [4.69, 9.17) is 14.6 Å². The predicted molar refractivity (Wildman–Crippen MR) is 67.5 cm³/mol. The molecule has 1 aliphatic carbocycles. The monoisotopic (exact) mass is 272 g/mol. The van der Waals surface area contributed by atoms with Crippen molar-refractivity contribution in [3.63, 3.8) is 0 Å². The van der Waals surface area contributed by atoms with Crippen LogP contribution in [0, 0.1) is 0 Å². The van der Waals surface area contributed by atoms with Crippen LogP contribution >= 0.6 is 0 Å². The number of hydrogen-bond donors (Lipinski definition) is 1. The van der Waals surface area contributed by atoms with E-state index in [0.29, 0.717) is 35.8 Å². The van der Waals surface area contributed by atoms with Gasteiger partial charge in [-0.05, 0) is 25.0 Å². The number of aromatic nitrogens is 5. The van der Waals surface area contributed by atoms with Crippen molar-refractivity contribution in [3.8, 4) is 11.7 Å². The molecule has 102 valence electrons. The summed E-state index contributed by atoms with van der Waals surface area (Å²) in [4.78, 5) is 0. The lowest BCUT2D eigenvalue weighted by Crippen LogP contribution is -2.07. The van der Waals surface area contributed by atoms with Crippen molar-refractivity contribution >= 4 is 5.82 Å². The first-order valence-electron chi connectivity index (χ1n) is 6.36. The summed E-state index contributed by atoms with van der Waals surface area (Å²) in [6, 6.07) is 3.53. The predicted octanol–water partition coefficient (Wildman–Crippen LogP) is 1.43. The third kappa shape index (κ3) is 1.85. The molecular weight excluding hydrogens is 260 g/mol. The molecule has 0 unspecified atom stereocenters. The number of hydrogen-bond acceptors (Lipinski definition) is 7. The molecule has 1 aliphatic rings. The zero-order valence-corrected chi connectivity index (χ0v) is 10.6. The first-order valence-corrected chi connectivity index (χ1v) is 6.36. The second-order valence-electron chi connectivity index (χ2n) is 4.77. The van der Waals surface area contributed by atoms with Crippen LogP contribution in [-0.4, -0.2) is 25.2 Å². The summed E-state index contributed by atoms with van der Waals surface area (Å²) in [6.07, 6.45) is 3.81. The van der Waals surface area contributed by atoms with Crippen LogP contribution in [0.1, 0.15) is 30.3 Å². The highest BCUT2D eigenvalue weighted by molar-refractivity contribution is 5.42. The van der Waals surface area contributed by atoms with Gasteiger partial charge in [-0.2, -0.15) is 0 Å². The first-order chi connectivity index (χ1) is 9.81. The Morgan fingerprint density at radius 2 is 2.20 bits per heavy atom. The minimum Gasteiger partial charge on any atom is -0.459 e. The number of nitrogens with zero attached hydrogens (tertiary/aromatic N) is 5. The molecule has 0 spiro atoms. The van der Waals surface area contributed by atoms with Gasteiger partial charge in [-0.15, -0.1) is 15.3 Å². The van der Waals surface area contributed by atoms with E-state index < -0.39 is 0 Å². The summed E-state index contributed by atoms with van der Waals surface area (Å²) in [5.41, 5.74) is 6.80. The van der Waals surface area contributed by atoms with E-state index in [1.54, 1.807) is 23.1 Å². The minimum absolute atomic E-state index is 0.353. The Balaban J connectivity index is 1.60. The van der Waals surface area contributed by atoms with Crippen LogP contribution < -0.4 is 5.73 Å². The summed E-state index contributed by atoms with van der Waals surface area (Å²) >= 11 is 0. The zero-order valence-electron chi connectivity index (χ0n) is 10.6. The van der Waals surface area contributed by atoms with Crippen LogP contribution in [-0.2, 0) is 6.54 Å². The Kier molecular flexibility index (Phi) is 2.35. The number of anilines is 1. The third-order valence-electron chi connectivity index (χ3n) is 3.25. The van der Waals surface area contributed by atoms with Gasteiger partial charge in [-0.3, -0.25) is 0 Å². The standard InChI is InChI=1S/C12H12N6O2/c13-11-10(7-3-4-7)18(17-15-11)6-9-14-16-12(20-9)8-2-1-5-19-8/h1-2,5,7H,3-4,6,13H2. The molecule has 3 heterocycles. The van der Waals surface area contributed by atoms with Crippen LogP contribution in [0.2, 0.25) is 0 Å². The fourth-order valence-electron chi connectivity index (χ4n) is 2.17. The summed E-state index contributed by atoms with van der Waals surface area (Å²) in [5.74, 6) is 2.29. The van der Waals surface area contributed by atoms with Gasteiger partial charge in [0.25, 0.3) is 5.89 Å². The van der Waals surface area contributed by atoms with Gasteiger partial charge in [-0.25, -0.2) is 4.68 Å². The minimum atomic E-state index is 0.353. The second-order valence-corrected chi connectivity index (χ2v) is 4.77. The highest BCUT2D eigenvalue weighted by Crippen LogP contribution is 2.42. The number of rotatable bonds is 4. The van der Waals surface area contributed by atoms with Crippen LogP contribution in [0.5, 0.6) is 0 Å². The van der Waals surface area contributed by atoms with Crippen LogP contribution in [0.25, 0.3) is 11.7 Å². The van der Waals surface area contributed by atoms with Gasteiger partial charge in [0.2, 0.25) is 5.89 Å². The van der Waals surface area contributed by atoms with Gasteiger partial charge < -0.3 is 14.6 Å². The van der Waals surface area contributed by atoms with E-state index in [-0.39, 0.29) is 0 Å². The second kappa shape index (κ2) is 4.19. The molecular formula is C12H12N6O2. The zero-order chi connectivity index (χ0) is 13.5. The molecule has 0 aliphatic heterocycles. The van der Waals surface area contributed by atoms with E-state index in [9.17, 15) is 0 Å². The molecule has 0 atom stereocenters. The van der Waals surface area contributed by atoms with E-state index in [1.807, 2.05) is 0 Å². The first kappa shape index (κ1) is 11.2. The Labute approximate surface area is 113 Å². The molecule has 3 aromatic heterocycles. The molecule has 3 aromatic rings.